The Kier molecular flexibility index (Phi) is 4.31. The Balaban J connectivity index is 2.27. The van der Waals surface area contributed by atoms with E-state index in [0.29, 0.717) is 10.0 Å². The molecular weight excluding hydrogens is 350 g/mol. The van der Waals surface area contributed by atoms with E-state index in [1.54, 1.807) is 6.07 Å². The molecule has 102 valence electrons. The highest BCUT2D eigenvalue weighted by Crippen LogP contribution is 2.27. The SMILES string of the molecule is O=C(Nc1cc([N+](=O)[O-])ccc1Cl)c1cncc(Br)c1. The molecule has 0 atom stereocenters. The van der Waals surface area contributed by atoms with Crippen molar-refractivity contribution >= 4 is 44.8 Å². The van der Waals surface area contributed by atoms with Gasteiger partial charge < -0.3 is 5.32 Å². The number of nitro groups is 1. The molecule has 1 amide bonds. The maximum absolute atomic E-state index is 12.0. The van der Waals surface area contributed by atoms with Crippen molar-refractivity contribution in [1.82, 2.24) is 4.98 Å². The average Bonchev–Trinajstić information content (AvgIpc) is 2.41. The number of hydrogen-bond donors (Lipinski definition) is 1. The number of nitrogens with one attached hydrogen (secondary N) is 1. The lowest BCUT2D eigenvalue weighted by molar-refractivity contribution is -0.384. The zero-order valence-electron chi connectivity index (χ0n) is 9.84. The lowest BCUT2D eigenvalue weighted by atomic mass is 10.2. The van der Waals surface area contributed by atoms with Crippen molar-refractivity contribution in [2.45, 2.75) is 0 Å². The van der Waals surface area contributed by atoms with Gasteiger partial charge in [0.15, 0.2) is 0 Å². The van der Waals surface area contributed by atoms with Gasteiger partial charge in [-0.15, -0.1) is 0 Å². The average molecular weight is 357 g/mol. The van der Waals surface area contributed by atoms with Crippen molar-refractivity contribution in [1.29, 1.82) is 0 Å². The van der Waals surface area contributed by atoms with Gasteiger partial charge in [0.1, 0.15) is 0 Å². The second-order valence-electron chi connectivity index (χ2n) is 3.77. The van der Waals surface area contributed by atoms with E-state index in [1.807, 2.05) is 0 Å². The van der Waals surface area contributed by atoms with Crippen LogP contribution in [0.1, 0.15) is 10.4 Å². The highest BCUT2D eigenvalue weighted by Gasteiger charge is 2.13. The number of benzene rings is 1. The molecule has 0 radical (unpaired) electrons. The van der Waals surface area contributed by atoms with Crippen molar-refractivity contribution in [3.05, 3.63) is 61.8 Å². The Hall–Kier alpha value is -1.99. The van der Waals surface area contributed by atoms with Crippen LogP contribution in [-0.4, -0.2) is 15.8 Å². The summed E-state index contributed by atoms with van der Waals surface area (Å²) in [5.41, 5.74) is 0.324. The number of nitrogens with zero attached hydrogens (tertiary/aromatic N) is 2. The van der Waals surface area contributed by atoms with Crippen LogP contribution < -0.4 is 5.32 Å². The van der Waals surface area contributed by atoms with Crippen LogP contribution in [-0.2, 0) is 0 Å². The third kappa shape index (κ3) is 3.31. The van der Waals surface area contributed by atoms with Gasteiger partial charge in [0, 0.05) is 29.0 Å². The molecule has 1 heterocycles. The van der Waals surface area contributed by atoms with E-state index in [-0.39, 0.29) is 16.4 Å². The first-order valence-electron chi connectivity index (χ1n) is 5.33. The largest absolute Gasteiger partial charge is 0.320 e. The highest BCUT2D eigenvalue weighted by atomic mass is 79.9. The standard InChI is InChI=1S/C12H7BrClN3O3/c13-8-3-7(5-15-6-8)12(18)16-11-4-9(17(19)20)1-2-10(11)14/h1-6H,(H,16,18). The van der Waals surface area contributed by atoms with Crippen molar-refractivity contribution in [2.75, 3.05) is 5.32 Å². The number of nitro benzene ring substituents is 1. The van der Waals surface area contributed by atoms with Gasteiger partial charge in [-0.25, -0.2) is 0 Å². The molecule has 0 spiro atoms. The van der Waals surface area contributed by atoms with Crippen LogP contribution in [0.15, 0.2) is 41.1 Å². The van der Waals surface area contributed by atoms with E-state index in [9.17, 15) is 14.9 Å². The Labute approximate surface area is 127 Å². The van der Waals surface area contributed by atoms with Crippen molar-refractivity contribution in [2.24, 2.45) is 0 Å². The van der Waals surface area contributed by atoms with Gasteiger partial charge in [0.25, 0.3) is 11.6 Å². The highest BCUT2D eigenvalue weighted by molar-refractivity contribution is 9.10. The lowest BCUT2D eigenvalue weighted by Crippen LogP contribution is -2.12. The number of hydrogen-bond acceptors (Lipinski definition) is 4. The number of carbonyl (C=O) groups excluding carboxylic acids is 1. The number of rotatable bonds is 3. The predicted molar refractivity (Wildman–Crippen MR) is 78.0 cm³/mol. The molecule has 0 saturated heterocycles. The minimum Gasteiger partial charge on any atom is -0.320 e. The van der Waals surface area contributed by atoms with Crippen molar-refractivity contribution in [3.8, 4) is 0 Å². The number of anilines is 1. The quantitative estimate of drug-likeness (QED) is 0.672. The van der Waals surface area contributed by atoms with Crippen molar-refractivity contribution < 1.29 is 9.72 Å². The van der Waals surface area contributed by atoms with Crippen LogP contribution in [0.5, 0.6) is 0 Å². The summed E-state index contributed by atoms with van der Waals surface area (Å²) in [6, 6.07) is 5.40. The molecule has 6 nitrogen and oxygen atoms in total. The van der Waals surface area contributed by atoms with Crippen LogP contribution in [0.25, 0.3) is 0 Å². The van der Waals surface area contributed by atoms with Crippen LogP contribution in [0.4, 0.5) is 11.4 Å². The normalized spacial score (nSPS) is 10.1. The number of carbonyl (C=O) groups is 1. The number of halogens is 2. The third-order valence-corrected chi connectivity index (χ3v) is 3.14. The Morgan fingerprint density at radius 2 is 2.10 bits per heavy atom. The molecule has 0 aliphatic carbocycles. The molecule has 0 aliphatic rings. The fourth-order valence-corrected chi connectivity index (χ4v) is 1.98. The summed E-state index contributed by atoms with van der Waals surface area (Å²) in [5.74, 6) is -0.457. The molecule has 1 N–H and O–H groups in total. The van der Waals surface area contributed by atoms with Gasteiger partial charge >= 0.3 is 0 Å². The molecule has 2 aromatic rings. The van der Waals surface area contributed by atoms with E-state index in [0.717, 1.165) is 0 Å². The summed E-state index contributed by atoms with van der Waals surface area (Å²) in [5, 5.41) is 13.4. The van der Waals surface area contributed by atoms with E-state index in [2.05, 4.69) is 26.2 Å². The summed E-state index contributed by atoms with van der Waals surface area (Å²) < 4.78 is 0.648. The summed E-state index contributed by atoms with van der Waals surface area (Å²) >= 11 is 9.10. The Morgan fingerprint density at radius 1 is 1.35 bits per heavy atom. The maximum Gasteiger partial charge on any atom is 0.271 e. The molecule has 1 aromatic heterocycles. The van der Waals surface area contributed by atoms with Gasteiger partial charge in [0.05, 0.1) is 21.2 Å². The minimum atomic E-state index is -0.563. The second kappa shape index (κ2) is 5.98. The van der Waals surface area contributed by atoms with E-state index >= 15 is 0 Å². The summed E-state index contributed by atoms with van der Waals surface area (Å²) in [7, 11) is 0. The molecule has 0 fully saturated rings. The molecule has 8 heteroatoms. The van der Waals surface area contributed by atoms with Gasteiger partial charge in [-0.3, -0.25) is 19.9 Å². The molecule has 20 heavy (non-hydrogen) atoms. The zero-order valence-corrected chi connectivity index (χ0v) is 12.2. The van der Waals surface area contributed by atoms with E-state index < -0.39 is 10.8 Å². The number of non-ortho nitro benzene ring substituents is 1. The van der Waals surface area contributed by atoms with Crippen LogP contribution >= 0.6 is 27.5 Å². The number of aromatic nitrogens is 1. The van der Waals surface area contributed by atoms with Gasteiger partial charge in [0.2, 0.25) is 0 Å². The smallest absolute Gasteiger partial charge is 0.271 e. The minimum absolute atomic E-state index is 0.155. The third-order valence-electron chi connectivity index (χ3n) is 2.38. The van der Waals surface area contributed by atoms with Crippen LogP contribution in [0.3, 0.4) is 0 Å². The molecule has 0 unspecified atom stereocenters. The summed E-state index contributed by atoms with van der Waals surface area (Å²) in [6.45, 7) is 0. The monoisotopic (exact) mass is 355 g/mol. The van der Waals surface area contributed by atoms with E-state index in [1.165, 1.54) is 30.6 Å². The molecule has 1 aromatic carbocycles. The second-order valence-corrected chi connectivity index (χ2v) is 5.09. The topological polar surface area (TPSA) is 85.1 Å². The van der Waals surface area contributed by atoms with Gasteiger partial charge in [-0.2, -0.15) is 0 Å². The Bertz CT molecular complexity index is 693. The molecule has 2 rings (SSSR count). The fraction of sp³-hybridized carbons (Fsp3) is 0. The van der Waals surface area contributed by atoms with Crippen LogP contribution in [0, 0.1) is 10.1 Å². The fourth-order valence-electron chi connectivity index (χ4n) is 1.45. The van der Waals surface area contributed by atoms with Gasteiger partial charge in [-0.05, 0) is 28.1 Å². The van der Waals surface area contributed by atoms with Crippen molar-refractivity contribution in [3.63, 3.8) is 0 Å². The number of amides is 1. The van der Waals surface area contributed by atoms with E-state index in [4.69, 9.17) is 11.6 Å². The van der Waals surface area contributed by atoms with Gasteiger partial charge in [-0.1, -0.05) is 11.6 Å². The summed E-state index contributed by atoms with van der Waals surface area (Å²) in [4.78, 5) is 26.0. The molecule has 0 bridgehead atoms. The first-order valence-corrected chi connectivity index (χ1v) is 6.50. The Morgan fingerprint density at radius 3 is 2.75 bits per heavy atom. The predicted octanol–water partition coefficient (Wildman–Crippen LogP) is 3.66. The molecule has 0 saturated carbocycles. The molecule has 0 aliphatic heterocycles. The van der Waals surface area contributed by atoms with Crippen LogP contribution in [0.2, 0.25) is 5.02 Å². The first kappa shape index (κ1) is 14.4. The lowest BCUT2D eigenvalue weighted by Gasteiger charge is -2.07. The zero-order chi connectivity index (χ0) is 14.7. The number of pyridine rings is 1. The first-order chi connectivity index (χ1) is 9.47. The maximum atomic E-state index is 12.0. The molecular formula is C12H7BrClN3O3. The summed E-state index contributed by atoms with van der Waals surface area (Å²) in [6.07, 6.45) is 2.92.